The van der Waals surface area contributed by atoms with E-state index in [0.717, 1.165) is 10.9 Å². The fourth-order valence-electron chi connectivity index (χ4n) is 2.80. The molecule has 6 heteroatoms. The monoisotopic (exact) mass is 341 g/mol. The van der Waals surface area contributed by atoms with E-state index >= 15 is 0 Å². The number of carbonyl (C=O) groups excluding carboxylic acids is 1. The quantitative estimate of drug-likeness (QED) is 0.765. The normalized spacial score (nSPS) is 12.5. The number of benzene rings is 2. The number of rotatable bonds is 4. The zero-order valence-corrected chi connectivity index (χ0v) is 14.1. The van der Waals surface area contributed by atoms with Crippen molar-refractivity contribution in [1.82, 2.24) is 14.8 Å². The maximum absolute atomic E-state index is 13.3. The van der Waals surface area contributed by atoms with Crippen molar-refractivity contribution in [1.29, 1.82) is 0 Å². The van der Waals surface area contributed by atoms with Crippen LogP contribution in [0.1, 0.15) is 11.6 Å². The molecule has 0 radical (unpaired) electrons. The second kappa shape index (κ2) is 6.94. The third-order valence-electron chi connectivity index (χ3n) is 4.19. The zero-order chi connectivity index (χ0) is 18.0. The van der Waals surface area contributed by atoms with Gasteiger partial charge in [-0.05, 0) is 50.0 Å². The van der Waals surface area contributed by atoms with Crippen LogP contribution in [0.5, 0.6) is 5.75 Å². The van der Waals surface area contributed by atoms with Crippen LogP contribution >= 0.6 is 0 Å². The highest BCUT2D eigenvalue weighted by Gasteiger charge is 2.16. The molecule has 0 bridgehead atoms. The largest absolute Gasteiger partial charge is 0.508 e. The molecule has 0 saturated heterocycles. The first kappa shape index (κ1) is 17.0. The van der Waals surface area contributed by atoms with Crippen molar-refractivity contribution in [3.8, 4) is 5.75 Å². The van der Waals surface area contributed by atoms with E-state index in [4.69, 9.17) is 0 Å². The van der Waals surface area contributed by atoms with E-state index in [9.17, 15) is 14.3 Å². The SMILES string of the molecule is CN(C)C(CNC(=O)n1cc2ccc(F)cc2c1)c1ccc(O)cc1. The first-order valence-electron chi connectivity index (χ1n) is 7.95. The summed E-state index contributed by atoms with van der Waals surface area (Å²) in [4.78, 5) is 14.4. The van der Waals surface area contributed by atoms with Crippen LogP contribution in [0.15, 0.2) is 54.9 Å². The van der Waals surface area contributed by atoms with E-state index in [-0.39, 0.29) is 23.6 Å². The third-order valence-corrected chi connectivity index (χ3v) is 4.19. The molecular formula is C19H20FN3O2. The summed E-state index contributed by atoms with van der Waals surface area (Å²) in [6.45, 7) is 0.402. The number of likely N-dealkylation sites (N-methyl/N-ethyl adjacent to an activating group) is 1. The molecule has 0 fully saturated rings. The van der Waals surface area contributed by atoms with Crippen molar-refractivity contribution in [2.45, 2.75) is 6.04 Å². The van der Waals surface area contributed by atoms with Gasteiger partial charge in [-0.3, -0.25) is 4.57 Å². The first-order chi connectivity index (χ1) is 11.9. The summed E-state index contributed by atoms with van der Waals surface area (Å²) in [6.07, 6.45) is 3.29. The molecule has 0 saturated carbocycles. The number of phenolic OH excluding ortho intramolecular Hbond substituents is 1. The topological polar surface area (TPSA) is 57.5 Å². The van der Waals surface area contributed by atoms with Gasteiger partial charge in [0, 0.05) is 29.7 Å². The lowest BCUT2D eigenvalue weighted by Crippen LogP contribution is -2.36. The zero-order valence-electron chi connectivity index (χ0n) is 14.1. The molecule has 3 rings (SSSR count). The van der Waals surface area contributed by atoms with Gasteiger partial charge in [-0.1, -0.05) is 12.1 Å². The smallest absolute Gasteiger partial charge is 0.325 e. The highest BCUT2D eigenvalue weighted by atomic mass is 19.1. The van der Waals surface area contributed by atoms with Crippen molar-refractivity contribution < 1.29 is 14.3 Å². The number of halogens is 1. The molecule has 0 aliphatic heterocycles. The van der Waals surface area contributed by atoms with Gasteiger partial charge in [0.25, 0.3) is 0 Å². The number of hydrogen-bond donors (Lipinski definition) is 2. The Morgan fingerprint density at radius 3 is 2.52 bits per heavy atom. The molecule has 25 heavy (non-hydrogen) atoms. The number of phenols is 1. The van der Waals surface area contributed by atoms with Crippen LogP contribution in [-0.2, 0) is 0 Å². The fraction of sp³-hybridized carbons (Fsp3) is 0.211. The first-order valence-corrected chi connectivity index (χ1v) is 7.95. The van der Waals surface area contributed by atoms with Crippen LogP contribution in [-0.4, -0.2) is 41.2 Å². The number of fused-ring (bicyclic) bond motifs is 1. The van der Waals surface area contributed by atoms with Gasteiger partial charge in [0.1, 0.15) is 11.6 Å². The minimum atomic E-state index is -0.328. The molecule has 3 aromatic rings. The molecule has 0 aliphatic rings. The molecule has 2 aromatic carbocycles. The summed E-state index contributed by atoms with van der Waals surface area (Å²) in [6, 6.07) is 11.0. The molecule has 0 spiro atoms. The standard InChI is InChI=1S/C19H20FN3O2/c1-22(2)18(13-4-7-17(24)8-5-13)10-21-19(25)23-11-14-3-6-16(20)9-15(14)12-23/h3-9,11-12,18,24H,10H2,1-2H3,(H,21,25). The van der Waals surface area contributed by atoms with Gasteiger partial charge in [0.05, 0.1) is 6.04 Å². The maximum Gasteiger partial charge on any atom is 0.325 e. The third kappa shape index (κ3) is 3.80. The number of carbonyl (C=O) groups is 1. The lowest BCUT2D eigenvalue weighted by Gasteiger charge is -2.25. The van der Waals surface area contributed by atoms with Crippen LogP contribution < -0.4 is 5.32 Å². The molecule has 1 heterocycles. The number of aromatic hydroxyl groups is 1. The summed E-state index contributed by atoms with van der Waals surface area (Å²) < 4.78 is 14.7. The van der Waals surface area contributed by atoms with Crippen molar-refractivity contribution in [3.05, 3.63) is 66.2 Å². The van der Waals surface area contributed by atoms with Crippen LogP contribution in [0, 0.1) is 5.82 Å². The van der Waals surface area contributed by atoms with Crippen molar-refractivity contribution in [3.63, 3.8) is 0 Å². The molecule has 1 aromatic heterocycles. The summed E-state index contributed by atoms with van der Waals surface area (Å²) >= 11 is 0. The Hall–Kier alpha value is -2.86. The van der Waals surface area contributed by atoms with Gasteiger partial charge in [-0.15, -0.1) is 0 Å². The van der Waals surface area contributed by atoms with Gasteiger partial charge in [-0.2, -0.15) is 0 Å². The second-order valence-electron chi connectivity index (χ2n) is 6.20. The highest BCUT2D eigenvalue weighted by molar-refractivity contribution is 5.88. The molecule has 1 atom stereocenters. The van der Waals surface area contributed by atoms with E-state index in [1.54, 1.807) is 30.6 Å². The van der Waals surface area contributed by atoms with Gasteiger partial charge in [0.2, 0.25) is 0 Å². The predicted octanol–water partition coefficient (Wildman–Crippen LogP) is 3.35. The molecule has 0 aliphatic carbocycles. The highest BCUT2D eigenvalue weighted by Crippen LogP contribution is 2.20. The Kier molecular flexibility index (Phi) is 4.72. The second-order valence-corrected chi connectivity index (χ2v) is 6.20. The molecule has 2 N–H and O–H groups in total. The molecular weight excluding hydrogens is 321 g/mol. The summed E-state index contributed by atoms with van der Waals surface area (Å²) in [5.41, 5.74) is 0.989. The number of nitrogens with one attached hydrogen (secondary N) is 1. The number of hydrogen-bond acceptors (Lipinski definition) is 3. The predicted molar refractivity (Wildman–Crippen MR) is 95.2 cm³/mol. The Bertz CT molecular complexity index is 887. The van der Waals surface area contributed by atoms with E-state index in [1.807, 2.05) is 31.1 Å². The average Bonchev–Trinajstić information content (AvgIpc) is 2.99. The van der Waals surface area contributed by atoms with Crippen molar-refractivity contribution >= 4 is 16.8 Å². The van der Waals surface area contributed by atoms with E-state index < -0.39 is 0 Å². The summed E-state index contributed by atoms with van der Waals surface area (Å²) in [5, 5.41) is 13.8. The fourth-order valence-corrected chi connectivity index (χ4v) is 2.80. The number of aromatic nitrogens is 1. The average molecular weight is 341 g/mol. The van der Waals surface area contributed by atoms with Crippen molar-refractivity contribution in [2.24, 2.45) is 0 Å². The minimum Gasteiger partial charge on any atom is -0.508 e. The maximum atomic E-state index is 13.3. The van der Waals surface area contributed by atoms with Crippen LogP contribution in [0.25, 0.3) is 10.8 Å². The lowest BCUT2D eigenvalue weighted by molar-refractivity contribution is 0.234. The van der Waals surface area contributed by atoms with Crippen molar-refractivity contribution in [2.75, 3.05) is 20.6 Å². The number of amides is 1. The van der Waals surface area contributed by atoms with Gasteiger partial charge >= 0.3 is 6.03 Å². The van der Waals surface area contributed by atoms with Gasteiger partial charge in [0.15, 0.2) is 0 Å². The van der Waals surface area contributed by atoms with Crippen LogP contribution in [0.2, 0.25) is 0 Å². The Balaban J connectivity index is 1.73. The van der Waals surface area contributed by atoms with E-state index in [0.29, 0.717) is 11.9 Å². The van der Waals surface area contributed by atoms with Crippen LogP contribution in [0.4, 0.5) is 9.18 Å². The Morgan fingerprint density at radius 2 is 1.84 bits per heavy atom. The van der Waals surface area contributed by atoms with E-state index in [2.05, 4.69) is 5.32 Å². The van der Waals surface area contributed by atoms with Gasteiger partial charge < -0.3 is 15.3 Å². The van der Waals surface area contributed by atoms with Crippen LogP contribution in [0.3, 0.4) is 0 Å². The Morgan fingerprint density at radius 1 is 1.16 bits per heavy atom. The minimum absolute atomic E-state index is 0.0352. The lowest BCUT2D eigenvalue weighted by atomic mass is 10.1. The molecule has 5 nitrogen and oxygen atoms in total. The summed E-state index contributed by atoms with van der Waals surface area (Å²) in [7, 11) is 3.85. The molecule has 1 amide bonds. The Labute approximate surface area is 145 Å². The molecule has 1 unspecified atom stereocenters. The molecule has 130 valence electrons. The number of nitrogens with zero attached hydrogens (tertiary/aromatic N) is 2. The van der Waals surface area contributed by atoms with E-state index in [1.165, 1.54) is 16.7 Å². The summed E-state index contributed by atoms with van der Waals surface area (Å²) in [5.74, 6) is -0.123. The van der Waals surface area contributed by atoms with Gasteiger partial charge in [-0.25, -0.2) is 9.18 Å².